The quantitative estimate of drug-likeness (QED) is 0.829. The number of rotatable bonds is 6. The smallest absolute Gasteiger partial charge is 0.238 e. The molecule has 1 aliphatic rings. The van der Waals surface area contributed by atoms with Crippen LogP contribution < -0.4 is 15.4 Å². The van der Waals surface area contributed by atoms with Crippen molar-refractivity contribution in [2.45, 2.75) is 18.9 Å². The van der Waals surface area contributed by atoms with Crippen LogP contribution in [0.1, 0.15) is 12.8 Å². The monoisotopic (exact) mass is 347 g/mol. The van der Waals surface area contributed by atoms with Gasteiger partial charge in [0.1, 0.15) is 5.75 Å². The fourth-order valence-corrected chi connectivity index (χ4v) is 2.96. The van der Waals surface area contributed by atoms with E-state index in [0.29, 0.717) is 29.0 Å². The minimum absolute atomic E-state index is 0. The van der Waals surface area contributed by atoms with E-state index in [9.17, 15) is 4.79 Å². The van der Waals surface area contributed by atoms with E-state index in [1.54, 1.807) is 25.3 Å². The number of carbonyl (C=O) groups excluding carboxylic acids is 1. The molecule has 1 aliphatic heterocycles. The molecule has 0 radical (unpaired) electrons. The van der Waals surface area contributed by atoms with Crippen LogP contribution in [-0.4, -0.2) is 50.6 Å². The molecule has 0 aliphatic carbocycles. The van der Waals surface area contributed by atoms with Crippen molar-refractivity contribution >= 4 is 35.6 Å². The van der Waals surface area contributed by atoms with E-state index in [2.05, 4.69) is 15.5 Å². The molecule has 1 unspecified atom stereocenters. The Bertz CT molecular complexity index is 500. The first-order valence-corrected chi connectivity index (χ1v) is 7.54. The molecular formula is C15H23Cl2N3O2. The van der Waals surface area contributed by atoms with E-state index in [1.165, 1.54) is 0 Å². The highest BCUT2D eigenvalue weighted by Crippen LogP contribution is 2.27. The van der Waals surface area contributed by atoms with Gasteiger partial charge in [-0.1, -0.05) is 11.6 Å². The lowest BCUT2D eigenvalue weighted by atomic mass is 10.2. The third-order valence-corrected chi connectivity index (χ3v) is 4.02. The van der Waals surface area contributed by atoms with Crippen molar-refractivity contribution in [3.05, 3.63) is 23.2 Å². The number of halogens is 2. The van der Waals surface area contributed by atoms with Crippen LogP contribution in [0.5, 0.6) is 5.75 Å². The molecule has 1 amide bonds. The van der Waals surface area contributed by atoms with Gasteiger partial charge in [0.25, 0.3) is 0 Å². The van der Waals surface area contributed by atoms with Crippen LogP contribution in [0.2, 0.25) is 5.02 Å². The number of hydrogen-bond donors (Lipinski definition) is 2. The number of hydrogen-bond acceptors (Lipinski definition) is 4. The van der Waals surface area contributed by atoms with Gasteiger partial charge in [0.2, 0.25) is 5.91 Å². The Morgan fingerprint density at radius 1 is 1.50 bits per heavy atom. The highest BCUT2D eigenvalue weighted by Gasteiger charge is 2.25. The molecule has 1 aromatic carbocycles. The molecule has 0 saturated carbocycles. The van der Waals surface area contributed by atoms with Gasteiger partial charge in [-0.15, -0.1) is 12.4 Å². The zero-order valence-corrected chi connectivity index (χ0v) is 14.5. The van der Waals surface area contributed by atoms with Gasteiger partial charge < -0.3 is 15.4 Å². The molecule has 124 valence electrons. The molecule has 1 aromatic rings. The lowest BCUT2D eigenvalue weighted by molar-refractivity contribution is -0.117. The van der Waals surface area contributed by atoms with E-state index >= 15 is 0 Å². The number of likely N-dealkylation sites (tertiary alicyclic amines) is 1. The number of nitrogens with one attached hydrogen (secondary N) is 2. The Labute approximate surface area is 142 Å². The molecule has 2 rings (SSSR count). The van der Waals surface area contributed by atoms with Crippen LogP contribution in [0, 0.1) is 0 Å². The van der Waals surface area contributed by atoms with Crippen molar-refractivity contribution < 1.29 is 9.53 Å². The third-order valence-electron chi connectivity index (χ3n) is 3.72. The van der Waals surface area contributed by atoms with Crippen LogP contribution in [0.15, 0.2) is 18.2 Å². The van der Waals surface area contributed by atoms with Crippen molar-refractivity contribution in [3.63, 3.8) is 0 Å². The average Bonchev–Trinajstić information content (AvgIpc) is 2.86. The SMILES string of the molecule is CNCC1CCCN1CC(=O)Nc1ccc(OC)c(Cl)c1.Cl. The minimum Gasteiger partial charge on any atom is -0.495 e. The Balaban J connectivity index is 0.00000242. The number of nitrogens with zero attached hydrogens (tertiary/aromatic N) is 1. The molecule has 22 heavy (non-hydrogen) atoms. The maximum absolute atomic E-state index is 12.1. The molecule has 1 fully saturated rings. The zero-order valence-electron chi connectivity index (χ0n) is 12.9. The first-order chi connectivity index (χ1) is 10.1. The van der Waals surface area contributed by atoms with Gasteiger partial charge in [-0.05, 0) is 44.6 Å². The van der Waals surface area contributed by atoms with E-state index < -0.39 is 0 Å². The van der Waals surface area contributed by atoms with Gasteiger partial charge in [0, 0.05) is 18.3 Å². The van der Waals surface area contributed by atoms with Crippen LogP contribution in [0.25, 0.3) is 0 Å². The molecule has 1 heterocycles. The summed E-state index contributed by atoms with van der Waals surface area (Å²) in [5.74, 6) is 0.586. The normalized spacial score (nSPS) is 17.9. The van der Waals surface area contributed by atoms with Crippen molar-refractivity contribution in [1.82, 2.24) is 10.2 Å². The van der Waals surface area contributed by atoms with Gasteiger partial charge in [-0.25, -0.2) is 0 Å². The van der Waals surface area contributed by atoms with Crippen LogP contribution >= 0.6 is 24.0 Å². The van der Waals surface area contributed by atoms with E-state index in [-0.39, 0.29) is 18.3 Å². The topological polar surface area (TPSA) is 53.6 Å². The fraction of sp³-hybridized carbons (Fsp3) is 0.533. The summed E-state index contributed by atoms with van der Waals surface area (Å²) >= 11 is 6.05. The number of methoxy groups -OCH3 is 1. The summed E-state index contributed by atoms with van der Waals surface area (Å²) in [6.07, 6.45) is 2.29. The van der Waals surface area contributed by atoms with Gasteiger partial charge in [-0.2, -0.15) is 0 Å². The summed E-state index contributed by atoms with van der Waals surface area (Å²) in [6.45, 7) is 2.31. The molecule has 0 spiro atoms. The van der Waals surface area contributed by atoms with Crippen molar-refractivity contribution in [3.8, 4) is 5.75 Å². The molecule has 1 saturated heterocycles. The Morgan fingerprint density at radius 2 is 2.27 bits per heavy atom. The van der Waals surface area contributed by atoms with Crippen molar-refractivity contribution in [1.29, 1.82) is 0 Å². The van der Waals surface area contributed by atoms with Gasteiger partial charge in [0.05, 0.1) is 18.7 Å². The Kier molecular flexibility index (Phi) is 7.96. The highest BCUT2D eigenvalue weighted by atomic mass is 35.5. The lowest BCUT2D eigenvalue weighted by Gasteiger charge is -2.23. The largest absolute Gasteiger partial charge is 0.495 e. The molecule has 7 heteroatoms. The van der Waals surface area contributed by atoms with Crippen LogP contribution in [0.3, 0.4) is 0 Å². The number of ether oxygens (including phenoxy) is 1. The molecule has 1 atom stereocenters. The number of carbonyl (C=O) groups is 1. The fourth-order valence-electron chi connectivity index (χ4n) is 2.70. The number of anilines is 1. The summed E-state index contributed by atoms with van der Waals surface area (Å²) in [5, 5.41) is 6.55. The predicted octanol–water partition coefficient (Wildman–Crippen LogP) is 2.39. The van der Waals surface area contributed by atoms with Gasteiger partial charge >= 0.3 is 0 Å². The number of benzene rings is 1. The third kappa shape index (κ3) is 5.02. The second-order valence-electron chi connectivity index (χ2n) is 5.22. The molecular weight excluding hydrogens is 325 g/mol. The van der Waals surface area contributed by atoms with E-state index in [0.717, 1.165) is 25.9 Å². The standard InChI is InChI=1S/C15H22ClN3O2.ClH/c1-17-9-12-4-3-7-19(12)10-15(20)18-11-5-6-14(21-2)13(16)8-11;/h5-6,8,12,17H,3-4,7,9-10H2,1-2H3,(H,18,20);1H. The van der Waals surface area contributed by atoms with Gasteiger partial charge in [-0.3, -0.25) is 9.69 Å². The highest BCUT2D eigenvalue weighted by molar-refractivity contribution is 6.32. The van der Waals surface area contributed by atoms with Crippen LogP contribution in [-0.2, 0) is 4.79 Å². The average molecular weight is 348 g/mol. The Morgan fingerprint density at radius 3 is 2.91 bits per heavy atom. The molecule has 2 N–H and O–H groups in total. The van der Waals surface area contributed by atoms with E-state index in [1.807, 2.05) is 7.05 Å². The first kappa shape index (κ1) is 19.0. The summed E-state index contributed by atoms with van der Waals surface area (Å²) in [4.78, 5) is 14.4. The van der Waals surface area contributed by atoms with Gasteiger partial charge in [0.15, 0.2) is 0 Å². The Hall–Kier alpha value is -1.01. The van der Waals surface area contributed by atoms with E-state index in [4.69, 9.17) is 16.3 Å². The maximum atomic E-state index is 12.1. The zero-order chi connectivity index (χ0) is 15.2. The van der Waals surface area contributed by atoms with Crippen molar-refractivity contribution in [2.75, 3.05) is 39.1 Å². The molecule has 0 aromatic heterocycles. The molecule has 0 bridgehead atoms. The van der Waals surface area contributed by atoms with Crippen LogP contribution in [0.4, 0.5) is 5.69 Å². The maximum Gasteiger partial charge on any atom is 0.238 e. The molecule has 5 nitrogen and oxygen atoms in total. The second kappa shape index (κ2) is 9.20. The summed E-state index contributed by atoms with van der Waals surface area (Å²) < 4.78 is 5.09. The lowest BCUT2D eigenvalue weighted by Crippen LogP contribution is -2.41. The first-order valence-electron chi connectivity index (χ1n) is 7.16. The summed E-state index contributed by atoms with van der Waals surface area (Å²) in [7, 11) is 3.50. The van der Waals surface area contributed by atoms with Crippen molar-refractivity contribution in [2.24, 2.45) is 0 Å². The number of amides is 1. The predicted molar refractivity (Wildman–Crippen MR) is 92.4 cm³/mol. The summed E-state index contributed by atoms with van der Waals surface area (Å²) in [5.41, 5.74) is 0.690. The minimum atomic E-state index is -0.0146. The summed E-state index contributed by atoms with van der Waals surface area (Å²) in [6, 6.07) is 5.68. The number of likely N-dealkylation sites (N-methyl/N-ethyl adjacent to an activating group) is 1. The second-order valence-corrected chi connectivity index (χ2v) is 5.63.